The van der Waals surface area contributed by atoms with Gasteiger partial charge in [0, 0.05) is 31.2 Å². The van der Waals surface area contributed by atoms with Gasteiger partial charge in [0.15, 0.2) is 5.82 Å². The zero-order valence-electron chi connectivity index (χ0n) is 17.7. The van der Waals surface area contributed by atoms with E-state index in [0.717, 1.165) is 36.3 Å². The number of H-pyrrole nitrogens is 1. The van der Waals surface area contributed by atoms with Crippen LogP contribution in [0, 0.1) is 0 Å². The van der Waals surface area contributed by atoms with E-state index in [4.69, 9.17) is 0 Å². The molecule has 0 saturated heterocycles. The van der Waals surface area contributed by atoms with E-state index >= 15 is 0 Å². The zero-order chi connectivity index (χ0) is 22.5. The van der Waals surface area contributed by atoms with Crippen molar-refractivity contribution in [1.82, 2.24) is 29.6 Å². The first-order chi connectivity index (χ1) is 15.5. The van der Waals surface area contributed by atoms with Crippen LogP contribution < -0.4 is 10.9 Å². The number of fused-ring (bicyclic) bond motifs is 1. The smallest absolute Gasteiger partial charge is 0.258 e. The van der Waals surface area contributed by atoms with Crippen LogP contribution in [0.2, 0.25) is 0 Å². The highest BCUT2D eigenvalue weighted by Crippen LogP contribution is 2.15. The number of rotatable bonds is 8. The number of pyridine rings is 1. The fourth-order valence-electron chi connectivity index (χ4n) is 3.41. The lowest BCUT2D eigenvalue weighted by atomic mass is 10.1. The summed E-state index contributed by atoms with van der Waals surface area (Å²) in [4.78, 5) is 36.9. The first-order valence-corrected chi connectivity index (χ1v) is 10.1. The van der Waals surface area contributed by atoms with Crippen molar-refractivity contribution in [3.05, 3.63) is 89.4 Å². The predicted octanol–water partition coefficient (Wildman–Crippen LogP) is 2.30. The van der Waals surface area contributed by atoms with Gasteiger partial charge in [0.05, 0.1) is 17.9 Å². The average Bonchev–Trinajstić information content (AvgIpc) is 3.27. The van der Waals surface area contributed by atoms with Crippen LogP contribution in [0.25, 0.3) is 16.7 Å². The van der Waals surface area contributed by atoms with Crippen molar-refractivity contribution in [2.24, 2.45) is 0 Å². The monoisotopic (exact) mass is 429 g/mol. The van der Waals surface area contributed by atoms with Crippen molar-refractivity contribution in [1.29, 1.82) is 0 Å². The van der Waals surface area contributed by atoms with Crippen LogP contribution in [0.15, 0.2) is 72.7 Å². The molecule has 9 heteroatoms. The molecule has 3 heterocycles. The van der Waals surface area contributed by atoms with Gasteiger partial charge < -0.3 is 15.2 Å². The topological polar surface area (TPSA) is 109 Å². The third-order valence-corrected chi connectivity index (χ3v) is 5.01. The molecule has 1 amide bonds. The van der Waals surface area contributed by atoms with Crippen LogP contribution in [-0.2, 0) is 17.8 Å². The van der Waals surface area contributed by atoms with Gasteiger partial charge in [-0.2, -0.15) is 5.10 Å². The van der Waals surface area contributed by atoms with Crippen LogP contribution in [0.4, 0.5) is 5.69 Å². The Hall–Kier alpha value is -4.11. The molecule has 0 aliphatic carbocycles. The minimum atomic E-state index is -0.229. The number of likely N-dealkylation sites (N-methyl/N-ethyl adjacent to an activating group) is 1. The Morgan fingerprint density at radius 3 is 3.00 bits per heavy atom. The summed E-state index contributed by atoms with van der Waals surface area (Å²) in [6, 6.07) is 9.39. The fourth-order valence-corrected chi connectivity index (χ4v) is 3.41. The second-order valence-electron chi connectivity index (χ2n) is 7.44. The largest absolute Gasteiger partial charge is 0.323 e. The van der Waals surface area contributed by atoms with E-state index < -0.39 is 0 Å². The van der Waals surface area contributed by atoms with E-state index in [1.807, 2.05) is 37.5 Å². The van der Waals surface area contributed by atoms with E-state index in [9.17, 15) is 9.59 Å². The van der Waals surface area contributed by atoms with E-state index in [1.165, 1.54) is 12.4 Å². The van der Waals surface area contributed by atoms with Crippen LogP contribution in [0.5, 0.6) is 0 Å². The Labute approximate surface area is 184 Å². The summed E-state index contributed by atoms with van der Waals surface area (Å²) in [6.07, 6.45) is 8.70. The minimum Gasteiger partial charge on any atom is -0.323 e. The molecule has 0 bridgehead atoms. The molecule has 0 aliphatic heterocycles. The van der Waals surface area contributed by atoms with Gasteiger partial charge in [-0.1, -0.05) is 18.7 Å². The number of hydrogen-bond acceptors (Lipinski definition) is 6. The highest BCUT2D eigenvalue weighted by atomic mass is 16.1. The average molecular weight is 429 g/mol. The fraction of sp³-hybridized carbons (Fsp3) is 0.174. The molecular formula is C23H23N7O2. The normalized spacial score (nSPS) is 11.1. The molecule has 162 valence electrons. The molecule has 0 unspecified atom stereocenters. The van der Waals surface area contributed by atoms with Gasteiger partial charge in [0.25, 0.3) is 5.56 Å². The number of aromatic nitrogens is 5. The van der Waals surface area contributed by atoms with Gasteiger partial charge in [-0.05, 0) is 48.9 Å². The third-order valence-electron chi connectivity index (χ3n) is 5.01. The van der Waals surface area contributed by atoms with Crippen molar-refractivity contribution < 1.29 is 4.79 Å². The Morgan fingerprint density at radius 2 is 2.16 bits per heavy atom. The van der Waals surface area contributed by atoms with Crippen molar-refractivity contribution in [2.75, 3.05) is 18.9 Å². The molecule has 1 aromatic carbocycles. The summed E-state index contributed by atoms with van der Waals surface area (Å²) >= 11 is 0. The lowest BCUT2D eigenvalue weighted by Gasteiger charge is -2.16. The molecule has 0 radical (unpaired) electrons. The number of aromatic amines is 1. The maximum atomic E-state index is 12.0. The number of benzene rings is 1. The number of carbonyl (C=O) groups excluding carboxylic acids is 1. The molecule has 0 atom stereocenters. The van der Waals surface area contributed by atoms with Gasteiger partial charge in [0.1, 0.15) is 5.52 Å². The van der Waals surface area contributed by atoms with Gasteiger partial charge in [-0.15, -0.1) is 0 Å². The molecule has 32 heavy (non-hydrogen) atoms. The Kier molecular flexibility index (Phi) is 6.18. The SMILES string of the molecule is C=CC(=O)Nc1cccc(CN(C)CCc2cnn(-c3nccc4c(=O)[nH]cnc34)c2)c1. The number of amides is 1. The standard InChI is InChI=1S/C23H23N7O2/c1-3-20(31)28-18-6-4-5-16(11-18)13-29(2)10-8-17-12-27-30(14-17)22-21-19(7-9-24-22)23(32)26-15-25-21/h3-7,9,11-12,14-15H,1,8,10,13H2,2H3,(H,28,31)(H,25,26,32). The second-order valence-corrected chi connectivity index (χ2v) is 7.44. The van der Waals surface area contributed by atoms with Crippen LogP contribution in [-0.4, -0.2) is 49.1 Å². The predicted molar refractivity (Wildman–Crippen MR) is 123 cm³/mol. The van der Waals surface area contributed by atoms with E-state index in [-0.39, 0.29) is 11.5 Å². The number of nitrogens with zero attached hydrogens (tertiary/aromatic N) is 5. The van der Waals surface area contributed by atoms with Crippen molar-refractivity contribution >= 4 is 22.5 Å². The van der Waals surface area contributed by atoms with E-state index in [1.54, 1.807) is 23.1 Å². The molecule has 4 aromatic rings. The molecule has 0 aliphatic rings. The van der Waals surface area contributed by atoms with Crippen molar-refractivity contribution in [2.45, 2.75) is 13.0 Å². The third kappa shape index (κ3) is 4.79. The lowest BCUT2D eigenvalue weighted by Crippen LogP contribution is -2.20. The van der Waals surface area contributed by atoms with Crippen LogP contribution >= 0.6 is 0 Å². The molecule has 0 fully saturated rings. The molecular weight excluding hydrogens is 406 g/mol. The first-order valence-electron chi connectivity index (χ1n) is 10.1. The van der Waals surface area contributed by atoms with Gasteiger partial charge >= 0.3 is 0 Å². The number of hydrogen-bond donors (Lipinski definition) is 2. The van der Waals surface area contributed by atoms with Crippen LogP contribution in [0.3, 0.4) is 0 Å². The minimum absolute atomic E-state index is 0.208. The Balaban J connectivity index is 1.40. The maximum Gasteiger partial charge on any atom is 0.258 e. The van der Waals surface area contributed by atoms with Crippen molar-refractivity contribution in [3.8, 4) is 5.82 Å². The molecule has 4 rings (SSSR count). The van der Waals surface area contributed by atoms with Crippen molar-refractivity contribution in [3.63, 3.8) is 0 Å². The molecule has 0 saturated carbocycles. The highest BCUT2D eigenvalue weighted by molar-refractivity contribution is 5.98. The molecule has 9 nitrogen and oxygen atoms in total. The summed E-state index contributed by atoms with van der Waals surface area (Å²) in [5.74, 6) is 0.291. The summed E-state index contributed by atoms with van der Waals surface area (Å²) in [7, 11) is 2.04. The number of anilines is 1. The molecule has 2 N–H and O–H groups in total. The summed E-state index contributed by atoms with van der Waals surface area (Å²) in [6.45, 7) is 5.03. The molecule has 0 spiro atoms. The second kappa shape index (κ2) is 9.36. The number of carbonyl (C=O) groups is 1. The van der Waals surface area contributed by atoms with Crippen LogP contribution in [0.1, 0.15) is 11.1 Å². The highest BCUT2D eigenvalue weighted by Gasteiger charge is 2.11. The zero-order valence-corrected chi connectivity index (χ0v) is 17.7. The summed E-state index contributed by atoms with van der Waals surface area (Å²) in [5, 5.41) is 7.66. The summed E-state index contributed by atoms with van der Waals surface area (Å²) < 4.78 is 1.65. The Bertz CT molecular complexity index is 1330. The van der Waals surface area contributed by atoms with E-state index in [2.05, 4.69) is 36.8 Å². The van der Waals surface area contributed by atoms with Gasteiger partial charge in [-0.25, -0.2) is 14.6 Å². The Morgan fingerprint density at radius 1 is 1.28 bits per heavy atom. The van der Waals surface area contributed by atoms with Gasteiger partial charge in [-0.3, -0.25) is 9.59 Å². The molecule has 3 aromatic heterocycles. The maximum absolute atomic E-state index is 12.0. The summed E-state index contributed by atoms with van der Waals surface area (Å²) in [5.41, 5.74) is 3.19. The number of nitrogens with one attached hydrogen (secondary N) is 2. The lowest BCUT2D eigenvalue weighted by molar-refractivity contribution is -0.111. The first kappa shape index (κ1) is 21.1. The van der Waals surface area contributed by atoms with Gasteiger partial charge in [0.2, 0.25) is 5.91 Å². The van der Waals surface area contributed by atoms with E-state index in [0.29, 0.717) is 16.7 Å². The quantitative estimate of drug-likeness (QED) is 0.416.